The quantitative estimate of drug-likeness (QED) is 0.224. The normalized spacial score (nSPS) is 25.5. The van der Waals surface area contributed by atoms with E-state index in [1.54, 1.807) is 0 Å². The highest BCUT2D eigenvalue weighted by molar-refractivity contribution is 5.98. The van der Waals surface area contributed by atoms with Gasteiger partial charge in [0.25, 0.3) is 5.91 Å². The molecule has 2 N–H and O–H groups in total. The molecule has 4 fully saturated rings. The molecule has 0 bridgehead atoms. The van der Waals surface area contributed by atoms with Crippen molar-refractivity contribution in [2.24, 2.45) is 5.92 Å². The van der Waals surface area contributed by atoms with Crippen LogP contribution in [0, 0.1) is 5.92 Å². The highest BCUT2D eigenvalue weighted by Gasteiger charge is 2.45. The molecule has 1 amide bonds. The number of oxazole rings is 1. The summed E-state index contributed by atoms with van der Waals surface area (Å²) in [5, 5.41) is 15.5. The number of aromatic nitrogens is 3. The monoisotopic (exact) mass is 609 g/mol. The van der Waals surface area contributed by atoms with Crippen molar-refractivity contribution in [3.8, 4) is 17.0 Å². The fraction of sp³-hybridized carbons (Fsp3) is 0.528. The Morgan fingerprint density at radius 1 is 1.09 bits per heavy atom. The van der Waals surface area contributed by atoms with Crippen LogP contribution in [0.1, 0.15) is 92.5 Å². The molecule has 0 spiro atoms. The van der Waals surface area contributed by atoms with Crippen LogP contribution in [0.3, 0.4) is 0 Å². The van der Waals surface area contributed by atoms with Crippen LogP contribution in [0.15, 0.2) is 59.3 Å². The highest BCUT2D eigenvalue weighted by atomic mass is 16.5. The Labute approximate surface area is 264 Å². The van der Waals surface area contributed by atoms with Crippen LogP contribution in [0.2, 0.25) is 0 Å². The first-order valence-electron chi connectivity index (χ1n) is 17.0. The molecule has 8 rings (SSSR count). The molecule has 9 heteroatoms. The third kappa shape index (κ3) is 5.88. The van der Waals surface area contributed by atoms with Gasteiger partial charge in [0.05, 0.1) is 30.3 Å². The molecule has 0 radical (unpaired) electrons. The molecule has 1 aliphatic heterocycles. The minimum Gasteiger partial charge on any atom is -0.493 e. The van der Waals surface area contributed by atoms with Crippen LogP contribution < -0.4 is 10.1 Å². The number of carbonyl (C=O) groups is 1. The summed E-state index contributed by atoms with van der Waals surface area (Å²) in [6.45, 7) is 2.52. The Bertz CT molecular complexity index is 1660. The third-order valence-corrected chi connectivity index (χ3v) is 10.3. The van der Waals surface area contributed by atoms with Crippen molar-refractivity contribution < 1.29 is 19.1 Å². The fourth-order valence-corrected chi connectivity index (χ4v) is 7.55. The number of nitrogens with zero attached hydrogens (tertiary/aromatic N) is 4. The van der Waals surface area contributed by atoms with Gasteiger partial charge >= 0.3 is 0 Å². The predicted molar refractivity (Wildman–Crippen MR) is 171 cm³/mol. The van der Waals surface area contributed by atoms with Crippen molar-refractivity contribution in [2.45, 2.75) is 87.8 Å². The number of fused-ring (bicyclic) bond motifs is 1. The molecule has 45 heavy (non-hydrogen) atoms. The van der Waals surface area contributed by atoms with Gasteiger partial charge in [-0.15, -0.1) is 0 Å². The number of amides is 1. The number of rotatable bonds is 10. The van der Waals surface area contributed by atoms with Crippen LogP contribution in [-0.4, -0.2) is 68.3 Å². The van der Waals surface area contributed by atoms with E-state index in [9.17, 15) is 9.90 Å². The largest absolute Gasteiger partial charge is 0.493 e. The van der Waals surface area contributed by atoms with Crippen molar-refractivity contribution in [1.82, 2.24) is 24.8 Å². The number of nitrogens with one attached hydrogen (secondary N) is 1. The molecule has 3 saturated carbocycles. The smallest absolute Gasteiger partial charge is 0.275 e. The average molecular weight is 610 g/mol. The minimum absolute atomic E-state index is 0.0289. The standard InChI is InChI=1S/C36H43N5O4/c42-35(40-18-17-37-22-27(40)15-19-44-28-13-14-30-29(20-28)39-34(45-30)26-11-12-26)32-33(25-6-2-1-3-7-25)41(23-38-32)31-8-4-5-16-36(31,43)21-24-9-10-24/h1-3,6-7,13-14,20,23-24,26-27,31,37,43H,4-5,8-12,15-19,21-22H2/t27-,31-,36-/m1/s1. The van der Waals surface area contributed by atoms with Gasteiger partial charge in [0.1, 0.15) is 11.3 Å². The van der Waals surface area contributed by atoms with E-state index in [2.05, 4.69) is 27.0 Å². The molecular formula is C36H43N5O4. The van der Waals surface area contributed by atoms with Gasteiger partial charge in [-0.3, -0.25) is 4.79 Å². The lowest BCUT2D eigenvalue weighted by molar-refractivity contribution is -0.0518. The number of carbonyl (C=O) groups excluding carboxylic acids is 1. The maximum absolute atomic E-state index is 14.4. The lowest BCUT2D eigenvalue weighted by atomic mass is 9.76. The van der Waals surface area contributed by atoms with E-state index in [4.69, 9.17) is 14.1 Å². The zero-order valence-electron chi connectivity index (χ0n) is 25.9. The summed E-state index contributed by atoms with van der Waals surface area (Å²) < 4.78 is 14.2. The Morgan fingerprint density at radius 2 is 1.96 bits per heavy atom. The molecule has 4 aliphatic rings. The van der Waals surface area contributed by atoms with Crippen LogP contribution in [0.4, 0.5) is 0 Å². The molecule has 2 aromatic carbocycles. The molecule has 3 aliphatic carbocycles. The number of hydrogen-bond acceptors (Lipinski definition) is 7. The van der Waals surface area contributed by atoms with Gasteiger partial charge in [-0.05, 0) is 50.2 Å². The molecule has 2 aromatic heterocycles. The summed E-state index contributed by atoms with van der Waals surface area (Å²) in [4.78, 5) is 25.8. The second-order valence-corrected chi connectivity index (χ2v) is 13.7. The Hall–Kier alpha value is -3.69. The van der Waals surface area contributed by atoms with Gasteiger partial charge in [0.2, 0.25) is 0 Å². The van der Waals surface area contributed by atoms with Gasteiger partial charge in [-0.2, -0.15) is 0 Å². The molecule has 3 heterocycles. The topological polar surface area (TPSA) is 106 Å². The number of imidazole rings is 1. The molecule has 3 atom stereocenters. The first-order valence-corrected chi connectivity index (χ1v) is 17.0. The minimum atomic E-state index is -0.770. The summed E-state index contributed by atoms with van der Waals surface area (Å²) in [7, 11) is 0. The Morgan fingerprint density at radius 3 is 2.78 bits per heavy atom. The number of hydrogen-bond donors (Lipinski definition) is 2. The maximum atomic E-state index is 14.4. The van der Waals surface area contributed by atoms with Gasteiger partial charge in [-0.1, -0.05) is 56.0 Å². The van der Waals surface area contributed by atoms with E-state index in [1.807, 2.05) is 47.6 Å². The van der Waals surface area contributed by atoms with E-state index in [0.717, 1.165) is 85.5 Å². The zero-order valence-corrected chi connectivity index (χ0v) is 25.9. The first-order chi connectivity index (χ1) is 22.1. The number of piperazine rings is 1. The van der Waals surface area contributed by atoms with Crippen molar-refractivity contribution in [2.75, 3.05) is 26.2 Å². The fourth-order valence-electron chi connectivity index (χ4n) is 7.55. The Kier molecular flexibility index (Phi) is 7.61. The van der Waals surface area contributed by atoms with E-state index < -0.39 is 5.60 Å². The summed E-state index contributed by atoms with van der Waals surface area (Å²) in [6.07, 6.45) is 11.9. The first kappa shape index (κ1) is 28.8. The van der Waals surface area contributed by atoms with Crippen LogP contribution in [0.5, 0.6) is 5.75 Å². The van der Waals surface area contributed by atoms with Gasteiger partial charge < -0.3 is 29.0 Å². The summed E-state index contributed by atoms with van der Waals surface area (Å²) in [6, 6.07) is 15.8. The van der Waals surface area contributed by atoms with E-state index >= 15 is 0 Å². The third-order valence-electron chi connectivity index (χ3n) is 10.3. The van der Waals surface area contributed by atoms with Gasteiger partial charge in [-0.25, -0.2) is 9.97 Å². The van der Waals surface area contributed by atoms with Crippen molar-refractivity contribution in [3.05, 3.63) is 66.4 Å². The molecule has 1 saturated heterocycles. The van der Waals surface area contributed by atoms with Gasteiger partial charge in [0, 0.05) is 49.6 Å². The predicted octanol–water partition coefficient (Wildman–Crippen LogP) is 6.10. The lowest BCUT2D eigenvalue weighted by Crippen LogP contribution is -2.54. The van der Waals surface area contributed by atoms with Crippen LogP contribution in [0.25, 0.3) is 22.4 Å². The highest BCUT2D eigenvalue weighted by Crippen LogP contribution is 2.48. The van der Waals surface area contributed by atoms with Crippen LogP contribution in [-0.2, 0) is 0 Å². The van der Waals surface area contributed by atoms with Gasteiger partial charge in [0.15, 0.2) is 17.2 Å². The Balaban J connectivity index is 1.02. The van der Waals surface area contributed by atoms with Crippen molar-refractivity contribution in [3.63, 3.8) is 0 Å². The van der Waals surface area contributed by atoms with E-state index in [0.29, 0.717) is 43.6 Å². The summed E-state index contributed by atoms with van der Waals surface area (Å²) in [5.74, 6) is 2.61. The second-order valence-electron chi connectivity index (χ2n) is 13.7. The molecule has 236 valence electrons. The molecular weight excluding hydrogens is 566 g/mol. The second kappa shape index (κ2) is 11.9. The maximum Gasteiger partial charge on any atom is 0.275 e. The molecule has 9 nitrogen and oxygen atoms in total. The molecule has 4 aromatic rings. The number of aliphatic hydroxyl groups is 1. The van der Waals surface area contributed by atoms with E-state index in [-0.39, 0.29) is 18.0 Å². The lowest BCUT2D eigenvalue weighted by Gasteiger charge is -2.42. The van der Waals surface area contributed by atoms with E-state index in [1.165, 1.54) is 12.8 Å². The summed E-state index contributed by atoms with van der Waals surface area (Å²) in [5.41, 5.74) is 3.11. The summed E-state index contributed by atoms with van der Waals surface area (Å²) >= 11 is 0. The number of ether oxygens (including phenoxy) is 1. The van der Waals surface area contributed by atoms with Crippen LogP contribution >= 0.6 is 0 Å². The number of benzene rings is 2. The average Bonchev–Trinajstić information content (AvgIpc) is 3.99. The SMILES string of the molecule is O=C(c1ncn([C@@H]2CCCC[C@@]2(O)CC2CC2)c1-c1ccccc1)N1CCNC[C@H]1CCOc1ccc2oc(C3CC3)nc2c1. The van der Waals surface area contributed by atoms with Crippen molar-refractivity contribution >= 4 is 17.0 Å². The molecule has 0 unspecified atom stereocenters. The zero-order chi connectivity index (χ0) is 30.4. The van der Waals surface area contributed by atoms with Crippen molar-refractivity contribution in [1.29, 1.82) is 0 Å².